The van der Waals surface area contributed by atoms with Crippen molar-refractivity contribution in [3.63, 3.8) is 0 Å². The van der Waals surface area contributed by atoms with Crippen molar-refractivity contribution in [1.82, 2.24) is 4.98 Å². The number of hydrogen-bond acceptors (Lipinski definition) is 4. The Bertz CT molecular complexity index is 1550. The van der Waals surface area contributed by atoms with Crippen molar-refractivity contribution in [1.29, 1.82) is 0 Å². The molecule has 0 unspecified atom stereocenters. The van der Waals surface area contributed by atoms with Gasteiger partial charge in [0, 0.05) is 31.6 Å². The van der Waals surface area contributed by atoms with E-state index in [1.807, 2.05) is 29.0 Å². The molecule has 0 fully saturated rings. The predicted octanol–water partition coefficient (Wildman–Crippen LogP) is 9.90. The van der Waals surface area contributed by atoms with Crippen molar-refractivity contribution in [2.75, 3.05) is 0 Å². The summed E-state index contributed by atoms with van der Waals surface area (Å²) in [5.41, 5.74) is 6.64. The van der Waals surface area contributed by atoms with E-state index in [9.17, 15) is 0 Å². The molecule has 2 nitrogen and oxygen atoms in total. The van der Waals surface area contributed by atoms with Gasteiger partial charge in [-0.15, -0.1) is 11.3 Å². The van der Waals surface area contributed by atoms with Gasteiger partial charge in [0.25, 0.3) is 0 Å². The molecule has 34 heavy (non-hydrogen) atoms. The Morgan fingerprint density at radius 3 is 2.59 bits per heavy atom. The fourth-order valence-electron chi connectivity index (χ4n) is 4.73. The molecule has 0 N–H and O–H groups in total. The summed E-state index contributed by atoms with van der Waals surface area (Å²) in [6.45, 7) is 17.5. The van der Waals surface area contributed by atoms with Gasteiger partial charge in [-0.1, -0.05) is 59.0 Å². The zero-order chi connectivity index (χ0) is 24.2. The van der Waals surface area contributed by atoms with Gasteiger partial charge in [0.1, 0.15) is 11.2 Å². The Balaban J connectivity index is 1.76. The summed E-state index contributed by atoms with van der Waals surface area (Å²) in [5, 5.41) is 5.47. The Kier molecular flexibility index (Phi) is 5.86. The van der Waals surface area contributed by atoms with E-state index >= 15 is 0 Å². The Morgan fingerprint density at radius 2 is 1.88 bits per heavy atom. The number of furan rings is 1. The molecule has 0 radical (unpaired) electrons. The van der Waals surface area contributed by atoms with Gasteiger partial charge in [-0.3, -0.25) is 4.98 Å². The predicted molar refractivity (Wildman–Crippen MR) is 150 cm³/mol. The first-order valence-corrected chi connectivity index (χ1v) is 13.5. The van der Waals surface area contributed by atoms with Crippen LogP contribution in [0.2, 0.25) is 0 Å². The number of hydrogen-bond donors (Lipinski definition) is 0. The zero-order valence-electron chi connectivity index (χ0n) is 20.8. The Morgan fingerprint density at radius 1 is 1.09 bits per heavy atom. The number of thiophene rings is 1. The summed E-state index contributed by atoms with van der Waals surface area (Å²) >= 11 is 3.58. The van der Waals surface area contributed by atoms with Crippen LogP contribution < -0.4 is 0 Å². The number of nitrogens with zero attached hydrogens (tertiary/aromatic N) is 1. The highest BCUT2D eigenvalue weighted by molar-refractivity contribution is 8.02. The van der Waals surface area contributed by atoms with Crippen molar-refractivity contribution < 1.29 is 4.42 Å². The van der Waals surface area contributed by atoms with E-state index in [1.54, 1.807) is 11.8 Å². The first-order valence-electron chi connectivity index (χ1n) is 11.8. The molecule has 0 saturated carbocycles. The van der Waals surface area contributed by atoms with Crippen molar-refractivity contribution in [2.24, 2.45) is 5.92 Å². The van der Waals surface area contributed by atoms with Crippen molar-refractivity contribution in [3.8, 4) is 11.3 Å². The molecule has 174 valence electrons. The van der Waals surface area contributed by atoms with E-state index in [0.717, 1.165) is 39.6 Å². The number of pyridine rings is 1. The molecule has 5 aromatic rings. The molecular formula is C30H31NOS2. The van der Waals surface area contributed by atoms with Crippen molar-refractivity contribution >= 4 is 55.1 Å². The van der Waals surface area contributed by atoms with Gasteiger partial charge < -0.3 is 4.42 Å². The Hall–Kier alpha value is -2.56. The molecule has 2 aromatic carbocycles. The monoisotopic (exact) mass is 485 g/mol. The fourth-order valence-corrected chi connectivity index (χ4v) is 6.98. The van der Waals surface area contributed by atoms with Crippen LogP contribution in [-0.4, -0.2) is 4.98 Å². The molecule has 0 aliphatic carbocycles. The third-order valence-corrected chi connectivity index (χ3v) is 8.46. The number of aryl methyl sites for hydroxylation is 1. The van der Waals surface area contributed by atoms with Crippen LogP contribution in [0.15, 0.2) is 63.9 Å². The highest BCUT2D eigenvalue weighted by Gasteiger charge is 2.21. The summed E-state index contributed by atoms with van der Waals surface area (Å²) in [5.74, 6) is 0.644. The van der Waals surface area contributed by atoms with E-state index in [4.69, 9.17) is 9.40 Å². The molecule has 5 rings (SSSR count). The van der Waals surface area contributed by atoms with Crippen LogP contribution in [0.4, 0.5) is 0 Å². The highest BCUT2D eigenvalue weighted by Crippen LogP contribution is 2.42. The smallest absolute Gasteiger partial charge is 0.139 e. The van der Waals surface area contributed by atoms with Crippen LogP contribution in [0.3, 0.4) is 0 Å². The SMILES string of the molecule is C=CSc1ccc(-c2nccc3oc4cc5sc(CC(C)C)c(C)c5cc4c23)cc1C(C)(C)C. The summed E-state index contributed by atoms with van der Waals surface area (Å²) in [7, 11) is 0. The lowest BCUT2D eigenvalue weighted by atomic mass is 9.85. The number of thioether (sulfide) groups is 1. The minimum absolute atomic E-state index is 0.0144. The molecule has 0 spiro atoms. The molecule has 0 aliphatic heterocycles. The van der Waals surface area contributed by atoms with Crippen LogP contribution in [0.1, 0.15) is 50.6 Å². The van der Waals surface area contributed by atoms with Crippen LogP contribution in [0.25, 0.3) is 43.3 Å². The van der Waals surface area contributed by atoms with E-state index in [0.29, 0.717) is 5.92 Å². The first kappa shape index (κ1) is 23.2. The lowest BCUT2D eigenvalue weighted by molar-refractivity contribution is 0.578. The molecule has 0 saturated heterocycles. The minimum Gasteiger partial charge on any atom is -0.456 e. The topological polar surface area (TPSA) is 26.0 Å². The first-order chi connectivity index (χ1) is 16.2. The van der Waals surface area contributed by atoms with E-state index in [-0.39, 0.29) is 5.41 Å². The van der Waals surface area contributed by atoms with Crippen LogP contribution in [0, 0.1) is 12.8 Å². The zero-order valence-corrected chi connectivity index (χ0v) is 22.4. The maximum atomic E-state index is 6.36. The molecule has 0 aliphatic rings. The molecule has 0 atom stereocenters. The average Bonchev–Trinajstić information content (AvgIpc) is 3.28. The largest absolute Gasteiger partial charge is 0.456 e. The van der Waals surface area contributed by atoms with Gasteiger partial charge in [-0.25, -0.2) is 0 Å². The van der Waals surface area contributed by atoms with Gasteiger partial charge in [0.2, 0.25) is 0 Å². The molecule has 0 amide bonds. The summed E-state index contributed by atoms with van der Waals surface area (Å²) in [6.07, 6.45) is 2.97. The summed E-state index contributed by atoms with van der Waals surface area (Å²) in [6, 6.07) is 13.2. The third kappa shape index (κ3) is 3.97. The molecule has 4 heteroatoms. The van der Waals surface area contributed by atoms with Gasteiger partial charge in [0.05, 0.1) is 11.1 Å². The quantitative estimate of drug-likeness (QED) is 0.232. The second kappa shape index (κ2) is 8.58. The van der Waals surface area contributed by atoms with E-state index < -0.39 is 0 Å². The van der Waals surface area contributed by atoms with Crippen molar-refractivity contribution in [3.05, 3.63) is 70.6 Å². The van der Waals surface area contributed by atoms with E-state index in [2.05, 4.69) is 78.5 Å². The molecule has 3 heterocycles. The maximum absolute atomic E-state index is 6.36. The standard InChI is InChI=1S/C30H31NOS2/c1-8-33-25-10-9-19(14-22(25)30(5,6)7)29-28-21-15-20-18(4)26(13-17(2)3)34-27(20)16-24(21)32-23(28)11-12-31-29/h8-12,14-17H,1,13H2,2-7H3. The highest BCUT2D eigenvalue weighted by atomic mass is 32.2. The van der Waals surface area contributed by atoms with Crippen LogP contribution >= 0.6 is 23.1 Å². The summed E-state index contributed by atoms with van der Waals surface area (Å²) < 4.78 is 7.66. The number of benzene rings is 2. The fraction of sp³-hybridized carbons (Fsp3) is 0.300. The van der Waals surface area contributed by atoms with Gasteiger partial charge in [-0.2, -0.15) is 0 Å². The lowest BCUT2D eigenvalue weighted by Crippen LogP contribution is -2.12. The van der Waals surface area contributed by atoms with Crippen molar-refractivity contribution in [2.45, 2.75) is 58.3 Å². The Labute approximate surface area is 210 Å². The van der Waals surface area contributed by atoms with Crippen LogP contribution in [0.5, 0.6) is 0 Å². The second-order valence-electron chi connectivity index (χ2n) is 10.5. The molecular weight excluding hydrogens is 454 g/mol. The lowest BCUT2D eigenvalue weighted by Gasteiger charge is -2.23. The molecule has 3 aromatic heterocycles. The van der Waals surface area contributed by atoms with Gasteiger partial charge in [-0.05, 0) is 76.9 Å². The second-order valence-corrected chi connectivity index (χ2v) is 12.6. The van der Waals surface area contributed by atoms with Gasteiger partial charge in [0.15, 0.2) is 0 Å². The van der Waals surface area contributed by atoms with Crippen LogP contribution in [-0.2, 0) is 11.8 Å². The minimum atomic E-state index is 0.0144. The van der Waals surface area contributed by atoms with E-state index in [1.165, 1.54) is 31.0 Å². The summed E-state index contributed by atoms with van der Waals surface area (Å²) in [4.78, 5) is 7.58. The maximum Gasteiger partial charge on any atom is 0.139 e. The van der Waals surface area contributed by atoms with Gasteiger partial charge >= 0.3 is 0 Å². The molecule has 0 bridgehead atoms. The average molecular weight is 486 g/mol. The normalized spacial score (nSPS) is 12.4. The number of rotatable bonds is 5. The third-order valence-electron chi connectivity index (χ3n) is 6.40. The number of fused-ring (bicyclic) bond motifs is 4. The number of aromatic nitrogens is 1.